The van der Waals surface area contributed by atoms with Gasteiger partial charge in [0.05, 0.1) is 38.8 Å². The van der Waals surface area contributed by atoms with Crippen molar-refractivity contribution >= 4 is 60.4 Å². The maximum atomic E-state index is 17.1. The highest BCUT2D eigenvalue weighted by molar-refractivity contribution is 7.23. The van der Waals surface area contributed by atoms with Gasteiger partial charge in [0, 0.05) is 31.1 Å². The van der Waals surface area contributed by atoms with Gasteiger partial charge < -0.3 is 24.8 Å². The van der Waals surface area contributed by atoms with E-state index in [9.17, 15) is 13.2 Å². The van der Waals surface area contributed by atoms with Crippen LogP contribution in [0.2, 0.25) is 5.02 Å². The van der Waals surface area contributed by atoms with E-state index in [4.69, 9.17) is 38.1 Å². The van der Waals surface area contributed by atoms with Gasteiger partial charge in [-0.05, 0) is 37.4 Å². The third-order valence-electron chi connectivity index (χ3n) is 9.22. The molecule has 15 heteroatoms. The largest absolute Gasteiger partial charge is 0.489 e. The Morgan fingerprint density at radius 3 is 2.85 bits per heavy atom. The molecule has 0 radical (unpaired) electrons. The van der Waals surface area contributed by atoms with Crippen molar-refractivity contribution in [1.29, 1.82) is 0 Å². The van der Waals surface area contributed by atoms with Crippen molar-refractivity contribution in [3.63, 3.8) is 0 Å². The van der Waals surface area contributed by atoms with E-state index in [2.05, 4.69) is 26.3 Å². The number of hydrogen-bond donors (Lipinski definition) is 1. The van der Waals surface area contributed by atoms with Crippen molar-refractivity contribution < 1.29 is 31.8 Å². The summed E-state index contributed by atoms with van der Waals surface area (Å²) in [6.07, 6.45) is -0.328. The lowest BCUT2D eigenvalue weighted by atomic mass is 9.94. The Kier molecular flexibility index (Phi) is 8.07. The fraction of sp³-hybridized carbons (Fsp3) is 0.406. The van der Waals surface area contributed by atoms with Crippen molar-refractivity contribution in [2.24, 2.45) is 0 Å². The molecule has 2 aromatic carbocycles. The lowest BCUT2D eigenvalue weighted by molar-refractivity contribution is 0.0830. The predicted octanol–water partition coefficient (Wildman–Crippen LogP) is 7.23. The Morgan fingerprint density at radius 1 is 1.30 bits per heavy atom. The van der Waals surface area contributed by atoms with Gasteiger partial charge in [-0.25, -0.2) is 22.4 Å². The first kappa shape index (κ1) is 31.7. The monoisotopic (exact) mass is 688 g/mol. The van der Waals surface area contributed by atoms with Gasteiger partial charge in [0.2, 0.25) is 5.69 Å². The second kappa shape index (κ2) is 12.0. The fourth-order valence-electron chi connectivity index (χ4n) is 7.10. The lowest BCUT2D eigenvalue weighted by Crippen LogP contribution is -2.46. The Balaban J connectivity index is 1.47. The average Bonchev–Trinajstić information content (AvgIpc) is 3.64. The average molecular weight is 689 g/mol. The molecule has 0 aliphatic carbocycles. The number of nitrogen functional groups attached to an aromatic ring is 1. The molecule has 0 saturated carbocycles. The third-order valence-corrected chi connectivity index (χ3v) is 10.6. The van der Waals surface area contributed by atoms with Gasteiger partial charge >= 0.3 is 6.01 Å². The highest BCUT2D eigenvalue weighted by atomic mass is 35.5. The molecule has 3 aliphatic rings. The number of ether oxygens (including phenoxy) is 3. The summed E-state index contributed by atoms with van der Waals surface area (Å²) in [5, 5.41) is -0.167. The zero-order chi connectivity index (χ0) is 33.2. The van der Waals surface area contributed by atoms with Crippen LogP contribution in [0.25, 0.3) is 37.0 Å². The summed E-state index contributed by atoms with van der Waals surface area (Å²) in [7, 11) is 1.44. The summed E-state index contributed by atoms with van der Waals surface area (Å²) < 4.78 is 78.6. The van der Waals surface area contributed by atoms with Crippen LogP contribution in [0.1, 0.15) is 19.3 Å². The zero-order valence-corrected chi connectivity index (χ0v) is 26.8. The molecule has 5 heterocycles. The number of aromatic nitrogens is 2. The van der Waals surface area contributed by atoms with Crippen LogP contribution in [0, 0.1) is 18.2 Å². The van der Waals surface area contributed by atoms with Crippen molar-refractivity contribution in [1.82, 2.24) is 14.9 Å². The van der Waals surface area contributed by atoms with E-state index in [1.54, 1.807) is 0 Å². The minimum absolute atomic E-state index is 0.0219. The molecule has 2 fully saturated rings. The molecule has 3 aliphatic heterocycles. The molecule has 0 bridgehead atoms. The Bertz CT molecular complexity index is 1990. The van der Waals surface area contributed by atoms with Crippen LogP contribution in [-0.2, 0) is 4.74 Å². The summed E-state index contributed by atoms with van der Waals surface area (Å²) in [5.74, 6) is -1.76. The Hall–Kier alpha value is -3.90. The number of alkyl halides is 2. The molecule has 2 atom stereocenters. The third kappa shape index (κ3) is 5.02. The number of nitrogens with two attached hydrogens (primary N) is 1. The minimum Gasteiger partial charge on any atom is -0.489 e. The second-order valence-electron chi connectivity index (χ2n) is 12.0. The van der Waals surface area contributed by atoms with Gasteiger partial charge in [0.25, 0.3) is 6.43 Å². The number of thiophene rings is 1. The summed E-state index contributed by atoms with van der Waals surface area (Å²) in [4.78, 5) is 16.1. The molecule has 7 rings (SSSR count). The Morgan fingerprint density at radius 2 is 2.11 bits per heavy atom. The molecule has 0 amide bonds. The highest BCUT2D eigenvalue weighted by Crippen LogP contribution is 2.53. The van der Waals surface area contributed by atoms with Gasteiger partial charge in [-0.3, -0.25) is 4.90 Å². The van der Waals surface area contributed by atoms with Crippen molar-refractivity contribution in [3.05, 3.63) is 52.4 Å². The Labute approximate surface area is 276 Å². The van der Waals surface area contributed by atoms with Gasteiger partial charge in [0.15, 0.2) is 11.6 Å². The molecule has 2 aromatic heterocycles. The predicted molar refractivity (Wildman–Crippen MR) is 173 cm³/mol. The molecule has 9 nitrogen and oxygen atoms in total. The van der Waals surface area contributed by atoms with Gasteiger partial charge in [-0.2, -0.15) is 9.97 Å². The fourth-order valence-corrected chi connectivity index (χ4v) is 8.38. The first-order valence-corrected chi connectivity index (χ1v) is 16.1. The zero-order valence-electron chi connectivity index (χ0n) is 25.2. The summed E-state index contributed by atoms with van der Waals surface area (Å²) in [6, 6.07) is 0.704. The number of benzene rings is 2. The topological polar surface area (TPSA) is 90.3 Å². The summed E-state index contributed by atoms with van der Waals surface area (Å²) in [6.45, 7) is 13.2. The normalized spacial score (nSPS) is 21.0. The summed E-state index contributed by atoms with van der Waals surface area (Å²) >= 11 is 7.75. The first-order valence-electron chi connectivity index (χ1n) is 14.9. The van der Waals surface area contributed by atoms with Crippen LogP contribution in [0.5, 0.6) is 11.8 Å². The number of anilines is 2. The SMILES string of the molecule is [C-]#[N+]c1c(N)sc2c(F)ccc(-c3c(Cl)c4c5c(nc(OC[C@@]67CCCN6CC(=C)C7)nc5c3F)N(CCOC)[C@H](C(F)F)CO4)c12. The van der Waals surface area contributed by atoms with Gasteiger partial charge in [-0.1, -0.05) is 29.8 Å². The van der Waals surface area contributed by atoms with Gasteiger partial charge in [-0.15, -0.1) is 11.3 Å². The van der Waals surface area contributed by atoms with E-state index in [1.807, 2.05) is 0 Å². The van der Waals surface area contributed by atoms with Crippen molar-refractivity contribution in [3.8, 4) is 22.9 Å². The number of methoxy groups -OCH3 is 1. The van der Waals surface area contributed by atoms with Crippen LogP contribution in [0.3, 0.4) is 0 Å². The van der Waals surface area contributed by atoms with Crippen LogP contribution in [-0.4, -0.2) is 79.4 Å². The second-order valence-corrected chi connectivity index (χ2v) is 13.4. The molecular weight excluding hydrogens is 660 g/mol. The van der Waals surface area contributed by atoms with Crippen LogP contribution < -0.4 is 20.1 Å². The van der Waals surface area contributed by atoms with Crippen LogP contribution in [0.15, 0.2) is 24.3 Å². The van der Waals surface area contributed by atoms with Gasteiger partial charge in [0.1, 0.15) is 36.4 Å². The number of nitrogens with zero attached hydrogens (tertiary/aromatic N) is 5. The number of hydrogen-bond acceptors (Lipinski definition) is 9. The van der Waals surface area contributed by atoms with E-state index in [0.29, 0.717) is 0 Å². The quantitative estimate of drug-likeness (QED) is 0.118. The maximum Gasteiger partial charge on any atom is 0.319 e. The van der Waals surface area contributed by atoms with Crippen molar-refractivity contribution in [2.75, 3.05) is 57.2 Å². The van der Waals surface area contributed by atoms with E-state index >= 15 is 4.39 Å². The van der Waals surface area contributed by atoms with E-state index in [0.717, 1.165) is 55.3 Å². The molecule has 246 valence electrons. The molecule has 0 unspecified atom stereocenters. The summed E-state index contributed by atoms with van der Waals surface area (Å²) in [5.41, 5.74) is 6.29. The molecule has 0 spiro atoms. The molecular formula is C32H29ClF4N6O3S. The molecule has 2 N–H and O–H groups in total. The molecule has 2 saturated heterocycles. The standard InChI is InChI=1S/C32H29ClF4N6O3S/c1-15-11-32(7-4-8-42(32)12-15)14-46-31-40-24-21-26(45-13-18(28(36)37)43(9-10-44-3)30(21)41-31)22(33)19(23(24)35)16-5-6-17(34)27-20(16)25(39-2)29(38)47-27/h5-6,18,28H,1,4,7-14,38H2,3H3/t18-,32-/m0/s1. The lowest BCUT2D eigenvalue weighted by Gasteiger charge is -2.32. The van der Waals surface area contributed by atoms with E-state index in [1.165, 1.54) is 18.1 Å². The molecule has 47 heavy (non-hydrogen) atoms. The number of fused-ring (bicyclic) bond motifs is 2. The minimum atomic E-state index is -2.89. The number of rotatable bonds is 8. The van der Waals surface area contributed by atoms with E-state index in [-0.39, 0.29) is 90.7 Å². The smallest absolute Gasteiger partial charge is 0.319 e. The van der Waals surface area contributed by atoms with Crippen LogP contribution >= 0.6 is 22.9 Å². The maximum absolute atomic E-state index is 17.1. The molecule has 4 aromatic rings. The number of halogens is 5. The van der Waals surface area contributed by atoms with Crippen molar-refractivity contribution in [2.45, 2.75) is 37.3 Å². The first-order chi connectivity index (χ1) is 22.6. The van der Waals surface area contributed by atoms with E-state index < -0.39 is 30.7 Å². The highest BCUT2D eigenvalue weighted by Gasteiger charge is 2.47. The van der Waals surface area contributed by atoms with Crippen LogP contribution in [0.4, 0.5) is 34.1 Å².